The summed E-state index contributed by atoms with van der Waals surface area (Å²) < 4.78 is 26.5. The standard InChI is InChI=1S/C20H33N5O3S/c1-15(2)24(4)29(27,28)18-9-7-16(8-10-18)13-23-20(22-3)25-11-5-6-17(14-25)12-19(21)26/h7-10,15,17H,5-6,11-14H2,1-4H3,(H2,21,26)(H,22,23). The highest BCUT2D eigenvalue weighted by Crippen LogP contribution is 2.20. The number of primary amides is 1. The van der Waals surface area contributed by atoms with Crippen molar-refractivity contribution in [3.05, 3.63) is 29.8 Å². The number of nitrogens with two attached hydrogens (primary N) is 1. The van der Waals surface area contributed by atoms with E-state index in [1.807, 2.05) is 26.0 Å². The molecule has 1 aromatic carbocycles. The first-order valence-electron chi connectivity index (χ1n) is 9.96. The lowest BCUT2D eigenvalue weighted by molar-refractivity contribution is -0.119. The van der Waals surface area contributed by atoms with Gasteiger partial charge in [-0.15, -0.1) is 0 Å². The van der Waals surface area contributed by atoms with Gasteiger partial charge in [0.15, 0.2) is 5.96 Å². The molecule has 1 aromatic rings. The van der Waals surface area contributed by atoms with Crippen molar-refractivity contribution in [2.75, 3.05) is 27.2 Å². The summed E-state index contributed by atoms with van der Waals surface area (Å²) in [5.74, 6) is 0.760. The van der Waals surface area contributed by atoms with Crippen LogP contribution >= 0.6 is 0 Å². The summed E-state index contributed by atoms with van der Waals surface area (Å²) in [5, 5.41) is 3.33. The first-order chi connectivity index (χ1) is 13.6. The van der Waals surface area contributed by atoms with Crippen LogP contribution in [0.3, 0.4) is 0 Å². The molecule has 1 aliphatic rings. The molecule has 0 saturated carbocycles. The molecule has 1 atom stereocenters. The molecule has 1 fully saturated rings. The predicted molar refractivity (Wildman–Crippen MR) is 115 cm³/mol. The number of guanidine groups is 1. The Balaban J connectivity index is 1.99. The van der Waals surface area contributed by atoms with Gasteiger partial charge in [-0.3, -0.25) is 9.79 Å². The molecular formula is C20H33N5O3S. The van der Waals surface area contributed by atoms with E-state index in [0.29, 0.717) is 13.0 Å². The van der Waals surface area contributed by atoms with Crippen LogP contribution in [0.2, 0.25) is 0 Å². The molecule has 0 aromatic heterocycles. The highest BCUT2D eigenvalue weighted by molar-refractivity contribution is 7.89. The van der Waals surface area contributed by atoms with Gasteiger partial charge in [0.05, 0.1) is 4.90 Å². The van der Waals surface area contributed by atoms with E-state index < -0.39 is 10.0 Å². The minimum absolute atomic E-state index is 0.104. The average molecular weight is 424 g/mol. The molecule has 1 saturated heterocycles. The topological polar surface area (TPSA) is 108 Å². The van der Waals surface area contributed by atoms with Crippen molar-refractivity contribution in [2.45, 2.75) is 50.6 Å². The van der Waals surface area contributed by atoms with E-state index in [4.69, 9.17) is 5.73 Å². The Morgan fingerprint density at radius 3 is 2.55 bits per heavy atom. The summed E-state index contributed by atoms with van der Waals surface area (Å²) in [6.07, 6.45) is 2.39. The van der Waals surface area contributed by atoms with Crippen LogP contribution < -0.4 is 11.1 Å². The van der Waals surface area contributed by atoms with Gasteiger partial charge in [0.1, 0.15) is 0 Å². The van der Waals surface area contributed by atoms with E-state index in [2.05, 4.69) is 15.2 Å². The van der Waals surface area contributed by atoms with Gasteiger partial charge in [0, 0.05) is 46.2 Å². The lowest BCUT2D eigenvalue weighted by Crippen LogP contribution is -2.46. The van der Waals surface area contributed by atoms with E-state index in [0.717, 1.165) is 37.5 Å². The highest BCUT2D eigenvalue weighted by Gasteiger charge is 2.24. The molecule has 0 spiro atoms. The van der Waals surface area contributed by atoms with Crippen LogP contribution in [0.4, 0.5) is 0 Å². The van der Waals surface area contributed by atoms with Crippen molar-refractivity contribution in [3.63, 3.8) is 0 Å². The van der Waals surface area contributed by atoms with Gasteiger partial charge in [0.25, 0.3) is 0 Å². The zero-order chi connectivity index (χ0) is 21.6. The first kappa shape index (κ1) is 23.2. The maximum absolute atomic E-state index is 12.6. The van der Waals surface area contributed by atoms with Gasteiger partial charge in [-0.25, -0.2) is 8.42 Å². The average Bonchev–Trinajstić information content (AvgIpc) is 2.68. The number of amides is 1. The molecule has 0 aliphatic carbocycles. The molecular weight excluding hydrogens is 390 g/mol. The molecule has 1 unspecified atom stereocenters. The largest absolute Gasteiger partial charge is 0.370 e. The number of hydrogen-bond donors (Lipinski definition) is 2. The number of nitrogens with zero attached hydrogens (tertiary/aromatic N) is 3. The van der Waals surface area contributed by atoms with Gasteiger partial charge < -0.3 is 16.0 Å². The van der Waals surface area contributed by atoms with Crippen LogP contribution in [0.1, 0.15) is 38.7 Å². The number of aliphatic imine (C=N–C) groups is 1. The number of carbonyl (C=O) groups excluding carboxylic acids is 1. The maximum Gasteiger partial charge on any atom is 0.243 e. The van der Waals surface area contributed by atoms with Crippen molar-refractivity contribution >= 4 is 21.9 Å². The number of benzene rings is 1. The number of piperidine rings is 1. The van der Waals surface area contributed by atoms with Crippen molar-refractivity contribution in [2.24, 2.45) is 16.6 Å². The van der Waals surface area contributed by atoms with Crippen molar-refractivity contribution in [3.8, 4) is 0 Å². The normalized spacial score (nSPS) is 18.3. The summed E-state index contributed by atoms with van der Waals surface area (Å²) in [5.41, 5.74) is 6.30. The molecule has 29 heavy (non-hydrogen) atoms. The fourth-order valence-electron chi connectivity index (χ4n) is 3.45. The SMILES string of the molecule is CN=C(NCc1ccc(S(=O)(=O)N(C)C(C)C)cc1)N1CCCC(CC(N)=O)C1. The third kappa shape index (κ3) is 6.17. The molecule has 162 valence electrons. The lowest BCUT2D eigenvalue weighted by atomic mass is 9.95. The molecule has 9 heteroatoms. The fraction of sp³-hybridized carbons (Fsp3) is 0.600. The van der Waals surface area contributed by atoms with Gasteiger partial charge in [0.2, 0.25) is 15.9 Å². The summed E-state index contributed by atoms with van der Waals surface area (Å²) in [6.45, 7) is 5.85. The third-order valence-corrected chi connectivity index (χ3v) is 7.35. The summed E-state index contributed by atoms with van der Waals surface area (Å²) in [6, 6.07) is 6.80. The van der Waals surface area contributed by atoms with E-state index in [1.54, 1.807) is 26.2 Å². The molecule has 0 bridgehead atoms. The molecule has 1 aliphatic heterocycles. The van der Waals surface area contributed by atoms with Crippen LogP contribution in [-0.4, -0.2) is 62.7 Å². The number of sulfonamides is 1. The van der Waals surface area contributed by atoms with E-state index in [9.17, 15) is 13.2 Å². The Bertz CT molecular complexity index is 821. The number of rotatable bonds is 7. The van der Waals surface area contributed by atoms with Crippen LogP contribution in [0.15, 0.2) is 34.2 Å². The van der Waals surface area contributed by atoms with Crippen molar-refractivity contribution in [1.29, 1.82) is 0 Å². The molecule has 2 rings (SSSR count). The number of hydrogen-bond acceptors (Lipinski definition) is 4. The number of likely N-dealkylation sites (tertiary alicyclic amines) is 1. The lowest BCUT2D eigenvalue weighted by Gasteiger charge is -2.34. The molecule has 3 N–H and O–H groups in total. The minimum Gasteiger partial charge on any atom is -0.370 e. The Morgan fingerprint density at radius 2 is 2.00 bits per heavy atom. The smallest absolute Gasteiger partial charge is 0.243 e. The molecule has 8 nitrogen and oxygen atoms in total. The Kier molecular flexibility index (Phi) is 8.04. The highest BCUT2D eigenvalue weighted by atomic mass is 32.2. The van der Waals surface area contributed by atoms with Gasteiger partial charge in [-0.1, -0.05) is 12.1 Å². The second-order valence-electron chi connectivity index (χ2n) is 7.78. The number of carbonyl (C=O) groups is 1. The molecule has 1 heterocycles. The van der Waals surface area contributed by atoms with Crippen LogP contribution in [0, 0.1) is 5.92 Å². The Labute approximate surface area is 174 Å². The Hall–Kier alpha value is -2.13. The van der Waals surface area contributed by atoms with Crippen LogP contribution in [-0.2, 0) is 21.4 Å². The van der Waals surface area contributed by atoms with E-state index >= 15 is 0 Å². The summed E-state index contributed by atoms with van der Waals surface area (Å²) in [7, 11) is -0.161. The Morgan fingerprint density at radius 1 is 1.34 bits per heavy atom. The van der Waals surface area contributed by atoms with Crippen molar-refractivity contribution < 1.29 is 13.2 Å². The second-order valence-corrected chi connectivity index (χ2v) is 9.78. The monoisotopic (exact) mass is 423 g/mol. The van der Waals surface area contributed by atoms with Gasteiger partial charge in [-0.05, 0) is 50.3 Å². The second kappa shape index (κ2) is 10.1. The van der Waals surface area contributed by atoms with Gasteiger partial charge in [-0.2, -0.15) is 4.31 Å². The van der Waals surface area contributed by atoms with Crippen molar-refractivity contribution in [1.82, 2.24) is 14.5 Å². The zero-order valence-corrected chi connectivity index (χ0v) is 18.6. The van der Waals surface area contributed by atoms with E-state index in [-0.39, 0.29) is 22.8 Å². The van der Waals surface area contributed by atoms with Gasteiger partial charge >= 0.3 is 0 Å². The predicted octanol–water partition coefficient (Wildman–Crippen LogP) is 1.38. The zero-order valence-electron chi connectivity index (χ0n) is 17.8. The molecule has 0 radical (unpaired) electrons. The first-order valence-corrected chi connectivity index (χ1v) is 11.4. The van der Waals surface area contributed by atoms with Crippen LogP contribution in [0.5, 0.6) is 0 Å². The summed E-state index contributed by atoms with van der Waals surface area (Å²) >= 11 is 0. The third-order valence-electron chi connectivity index (χ3n) is 5.30. The minimum atomic E-state index is -3.48. The fourth-order valence-corrected chi connectivity index (χ4v) is 4.81. The number of nitrogens with one attached hydrogen (secondary N) is 1. The quantitative estimate of drug-likeness (QED) is 0.509. The van der Waals surface area contributed by atoms with E-state index in [1.165, 1.54) is 4.31 Å². The maximum atomic E-state index is 12.6. The molecule has 1 amide bonds. The summed E-state index contributed by atoms with van der Waals surface area (Å²) in [4.78, 5) is 18.0. The van der Waals surface area contributed by atoms with Crippen LogP contribution in [0.25, 0.3) is 0 Å².